The number of rotatable bonds is 9. The molecular weight excluding hydrogens is 394 g/mol. The average Bonchev–Trinajstić information content (AvgIpc) is 2.83. The lowest BCUT2D eigenvalue weighted by atomic mass is 10.1. The molecular formula is C25H23NO5. The van der Waals surface area contributed by atoms with E-state index in [-0.39, 0.29) is 12.2 Å². The smallest absolute Gasteiger partial charge is 0.329 e. The quantitative estimate of drug-likeness (QED) is 0.426. The molecule has 0 aromatic heterocycles. The van der Waals surface area contributed by atoms with E-state index >= 15 is 0 Å². The second-order valence-electron chi connectivity index (χ2n) is 6.84. The van der Waals surface area contributed by atoms with Crippen LogP contribution in [-0.4, -0.2) is 37.4 Å². The fraction of sp³-hybridized carbons (Fsp3) is 0.160. The Morgan fingerprint density at radius 3 is 2.16 bits per heavy atom. The van der Waals surface area contributed by atoms with Crippen LogP contribution in [0.2, 0.25) is 0 Å². The number of carbonyl (C=O) groups is 3. The minimum absolute atomic E-state index is 0.242. The highest BCUT2D eigenvalue weighted by Gasteiger charge is 2.24. The van der Waals surface area contributed by atoms with E-state index < -0.39 is 24.5 Å². The second-order valence-corrected chi connectivity index (χ2v) is 6.84. The van der Waals surface area contributed by atoms with Gasteiger partial charge in [-0.1, -0.05) is 60.7 Å². The molecule has 158 valence electrons. The fourth-order valence-electron chi connectivity index (χ4n) is 2.99. The van der Waals surface area contributed by atoms with Gasteiger partial charge in [-0.05, 0) is 29.8 Å². The normalized spacial score (nSPS) is 11.3. The van der Waals surface area contributed by atoms with Crippen molar-refractivity contribution in [3.8, 4) is 5.75 Å². The molecule has 0 spiro atoms. The molecule has 0 saturated heterocycles. The summed E-state index contributed by atoms with van der Waals surface area (Å²) in [5, 5.41) is 2.72. The molecule has 0 bridgehead atoms. The number of methoxy groups -OCH3 is 1. The summed E-state index contributed by atoms with van der Waals surface area (Å²) in [5.74, 6) is -0.892. The van der Waals surface area contributed by atoms with Crippen LogP contribution in [0.4, 0.5) is 0 Å². The molecule has 1 atom stereocenters. The fourth-order valence-corrected chi connectivity index (χ4v) is 2.99. The van der Waals surface area contributed by atoms with Gasteiger partial charge in [-0.25, -0.2) is 4.79 Å². The number of nitrogens with one attached hydrogen (secondary N) is 1. The van der Waals surface area contributed by atoms with E-state index in [2.05, 4.69) is 5.32 Å². The second kappa shape index (κ2) is 10.7. The zero-order chi connectivity index (χ0) is 22.1. The summed E-state index contributed by atoms with van der Waals surface area (Å²) in [6, 6.07) is 23.6. The van der Waals surface area contributed by atoms with Crippen molar-refractivity contribution >= 4 is 17.7 Å². The first-order valence-corrected chi connectivity index (χ1v) is 9.80. The van der Waals surface area contributed by atoms with Gasteiger partial charge in [0.15, 0.2) is 12.4 Å². The minimum atomic E-state index is -0.937. The number of ketones is 1. The van der Waals surface area contributed by atoms with Gasteiger partial charge in [-0.3, -0.25) is 9.59 Å². The molecule has 6 nitrogen and oxygen atoms in total. The third-order valence-corrected chi connectivity index (χ3v) is 4.65. The number of ether oxygens (including phenoxy) is 2. The first-order chi connectivity index (χ1) is 15.1. The molecule has 3 aromatic carbocycles. The van der Waals surface area contributed by atoms with Gasteiger partial charge in [0, 0.05) is 17.5 Å². The Balaban J connectivity index is 1.69. The maximum atomic E-state index is 12.8. The van der Waals surface area contributed by atoms with Crippen LogP contribution in [0.15, 0.2) is 84.9 Å². The Kier molecular flexibility index (Phi) is 7.54. The number of carbonyl (C=O) groups excluding carboxylic acids is 3. The van der Waals surface area contributed by atoms with Gasteiger partial charge < -0.3 is 14.8 Å². The predicted octanol–water partition coefficient (Wildman–Crippen LogP) is 3.46. The lowest BCUT2D eigenvalue weighted by molar-refractivity contribution is -0.144. The first-order valence-electron chi connectivity index (χ1n) is 9.80. The molecule has 0 saturated carbocycles. The molecule has 0 fully saturated rings. The number of amides is 1. The Bertz CT molecular complexity index is 1030. The van der Waals surface area contributed by atoms with Crippen LogP contribution in [-0.2, 0) is 16.0 Å². The maximum absolute atomic E-state index is 12.8. The number of hydrogen-bond donors (Lipinski definition) is 1. The average molecular weight is 417 g/mol. The van der Waals surface area contributed by atoms with Gasteiger partial charge in [0.05, 0.1) is 7.11 Å². The molecule has 3 aromatic rings. The van der Waals surface area contributed by atoms with Crippen molar-refractivity contribution in [2.75, 3.05) is 13.7 Å². The third-order valence-electron chi connectivity index (χ3n) is 4.65. The third kappa shape index (κ3) is 6.27. The van der Waals surface area contributed by atoms with Gasteiger partial charge in [0.25, 0.3) is 5.91 Å². The molecule has 3 rings (SSSR count). The van der Waals surface area contributed by atoms with Gasteiger partial charge in [-0.2, -0.15) is 0 Å². The largest absolute Gasteiger partial charge is 0.497 e. The molecule has 0 aliphatic rings. The van der Waals surface area contributed by atoms with Crippen LogP contribution in [0.1, 0.15) is 26.3 Å². The number of Topliss-reactive ketones (excluding diaryl/α,β-unsaturated/α-hetero) is 1. The van der Waals surface area contributed by atoms with Crippen molar-refractivity contribution in [2.24, 2.45) is 0 Å². The molecule has 0 aliphatic heterocycles. The van der Waals surface area contributed by atoms with Crippen molar-refractivity contribution in [1.82, 2.24) is 5.32 Å². The van der Waals surface area contributed by atoms with E-state index in [9.17, 15) is 14.4 Å². The summed E-state index contributed by atoms with van der Waals surface area (Å²) in [6.07, 6.45) is 0.242. The van der Waals surface area contributed by atoms with Crippen molar-refractivity contribution in [2.45, 2.75) is 12.5 Å². The Labute approximate surface area is 180 Å². The number of benzene rings is 3. The van der Waals surface area contributed by atoms with E-state index in [1.165, 1.54) is 7.11 Å². The Hall–Kier alpha value is -3.93. The summed E-state index contributed by atoms with van der Waals surface area (Å²) in [4.78, 5) is 37.8. The highest BCUT2D eigenvalue weighted by molar-refractivity contribution is 5.99. The van der Waals surface area contributed by atoms with Crippen molar-refractivity contribution in [3.05, 3.63) is 102 Å². The summed E-state index contributed by atoms with van der Waals surface area (Å²) in [6.45, 7) is -0.432. The van der Waals surface area contributed by atoms with E-state index in [4.69, 9.17) is 9.47 Å². The summed E-state index contributed by atoms with van der Waals surface area (Å²) < 4.78 is 10.4. The highest BCUT2D eigenvalue weighted by atomic mass is 16.5. The van der Waals surface area contributed by atoms with E-state index in [1.54, 1.807) is 54.6 Å². The van der Waals surface area contributed by atoms with E-state index in [0.29, 0.717) is 16.9 Å². The van der Waals surface area contributed by atoms with Crippen molar-refractivity contribution < 1.29 is 23.9 Å². The zero-order valence-electron chi connectivity index (χ0n) is 17.1. The van der Waals surface area contributed by atoms with Gasteiger partial charge >= 0.3 is 5.97 Å². The summed E-state index contributed by atoms with van der Waals surface area (Å²) in [5.41, 5.74) is 1.66. The molecule has 1 amide bonds. The van der Waals surface area contributed by atoms with E-state index in [1.807, 2.05) is 30.3 Å². The molecule has 1 unspecified atom stereocenters. The zero-order valence-corrected chi connectivity index (χ0v) is 17.1. The summed E-state index contributed by atoms with van der Waals surface area (Å²) >= 11 is 0. The van der Waals surface area contributed by atoms with Crippen LogP contribution >= 0.6 is 0 Å². The van der Waals surface area contributed by atoms with Crippen molar-refractivity contribution in [3.63, 3.8) is 0 Å². The molecule has 6 heteroatoms. The molecule has 0 aliphatic carbocycles. The first kappa shape index (κ1) is 21.8. The van der Waals surface area contributed by atoms with Gasteiger partial charge in [0.2, 0.25) is 0 Å². The van der Waals surface area contributed by atoms with Crippen LogP contribution < -0.4 is 10.1 Å². The SMILES string of the molecule is COc1cccc(C(=O)COC(=O)C(Cc2ccccc2)NC(=O)c2ccccc2)c1. The van der Waals surface area contributed by atoms with Crippen molar-refractivity contribution in [1.29, 1.82) is 0 Å². The van der Waals surface area contributed by atoms with Crippen LogP contribution in [0.3, 0.4) is 0 Å². The van der Waals surface area contributed by atoms with Crippen LogP contribution in [0, 0.1) is 0 Å². The van der Waals surface area contributed by atoms with E-state index in [0.717, 1.165) is 5.56 Å². The molecule has 0 radical (unpaired) electrons. The summed E-state index contributed by atoms with van der Waals surface area (Å²) in [7, 11) is 1.51. The number of esters is 1. The van der Waals surface area contributed by atoms with Gasteiger partial charge in [-0.15, -0.1) is 0 Å². The molecule has 31 heavy (non-hydrogen) atoms. The standard InChI is InChI=1S/C25H23NO5/c1-30-21-14-8-13-20(16-21)23(27)17-31-25(29)22(15-18-9-4-2-5-10-18)26-24(28)19-11-6-3-7-12-19/h2-14,16,22H,15,17H2,1H3,(H,26,28). The Morgan fingerprint density at radius 1 is 0.839 bits per heavy atom. The van der Waals surface area contributed by atoms with Gasteiger partial charge in [0.1, 0.15) is 11.8 Å². The monoisotopic (exact) mass is 417 g/mol. The van der Waals surface area contributed by atoms with Crippen LogP contribution in [0.25, 0.3) is 0 Å². The minimum Gasteiger partial charge on any atom is -0.497 e. The highest BCUT2D eigenvalue weighted by Crippen LogP contribution is 2.13. The molecule has 0 heterocycles. The topological polar surface area (TPSA) is 81.7 Å². The Morgan fingerprint density at radius 2 is 1.48 bits per heavy atom. The van der Waals surface area contributed by atoms with Crippen LogP contribution in [0.5, 0.6) is 5.75 Å². The lowest BCUT2D eigenvalue weighted by Crippen LogP contribution is -2.43. The molecule has 1 N–H and O–H groups in total. The predicted molar refractivity (Wildman–Crippen MR) is 116 cm³/mol. The number of hydrogen-bond acceptors (Lipinski definition) is 5. The lowest BCUT2D eigenvalue weighted by Gasteiger charge is -2.18. The maximum Gasteiger partial charge on any atom is 0.329 e.